The lowest BCUT2D eigenvalue weighted by molar-refractivity contribution is 0.0152. The van der Waals surface area contributed by atoms with Crippen LogP contribution < -0.4 is 9.47 Å². The topological polar surface area (TPSA) is 40.0 Å². The molecule has 0 aliphatic carbocycles. The number of oxime groups is 1. The molecule has 0 amide bonds. The molecule has 0 spiro atoms. The van der Waals surface area contributed by atoms with Gasteiger partial charge in [0.15, 0.2) is 5.60 Å². The van der Waals surface area contributed by atoms with Crippen LogP contribution in [-0.4, -0.2) is 30.7 Å². The van der Waals surface area contributed by atoms with Gasteiger partial charge in [0.05, 0.1) is 25.1 Å². The van der Waals surface area contributed by atoms with Gasteiger partial charge in [-0.05, 0) is 19.1 Å². The highest BCUT2D eigenvalue weighted by Crippen LogP contribution is 2.39. The molecular formula is C14H17Cl2NO3S. The van der Waals surface area contributed by atoms with E-state index in [4.69, 9.17) is 37.5 Å². The molecule has 0 bridgehead atoms. The number of benzene rings is 1. The molecule has 0 saturated carbocycles. The first kappa shape index (κ1) is 16.6. The summed E-state index contributed by atoms with van der Waals surface area (Å²) in [6.07, 6.45) is 0.701. The molecule has 1 aromatic rings. The summed E-state index contributed by atoms with van der Waals surface area (Å²) in [7, 11) is 3.22. The monoisotopic (exact) mass is 349 g/mol. The summed E-state index contributed by atoms with van der Waals surface area (Å²) in [6, 6.07) is 3.59. The minimum atomic E-state index is -0.410. The van der Waals surface area contributed by atoms with E-state index in [1.165, 1.54) is 0 Å². The minimum Gasteiger partial charge on any atom is -0.496 e. The zero-order valence-corrected chi connectivity index (χ0v) is 14.4. The van der Waals surface area contributed by atoms with Gasteiger partial charge in [-0.25, -0.2) is 0 Å². The van der Waals surface area contributed by atoms with E-state index < -0.39 is 5.60 Å². The molecule has 1 aliphatic rings. The summed E-state index contributed by atoms with van der Waals surface area (Å²) in [4.78, 5) is 5.37. The summed E-state index contributed by atoms with van der Waals surface area (Å²) in [5, 5.41) is 5.55. The minimum absolute atomic E-state index is 0.407. The molecule has 2 rings (SSSR count). The van der Waals surface area contributed by atoms with Gasteiger partial charge in [0.2, 0.25) is 0 Å². The van der Waals surface area contributed by atoms with Gasteiger partial charge in [-0.2, -0.15) is 0 Å². The largest absolute Gasteiger partial charge is 0.496 e. The van der Waals surface area contributed by atoms with Gasteiger partial charge in [-0.15, -0.1) is 23.4 Å². The predicted octanol–water partition coefficient (Wildman–Crippen LogP) is 4.32. The lowest BCUT2D eigenvalue weighted by atomic mass is 10.1. The second kappa shape index (κ2) is 6.99. The van der Waals surface area contributed by atoms with Crippen LogP contribution in [0.15, 0.2) is 17.3 Å². The second-order valence-corrected chi connectivity index (χ2v) is 6.61. The molecule has 0 aromatic heterocycles. The number of alkyl halides is 1. The molecular weight excluding hydrogens is 333 g/mol. The van der Waals surface area contributed by atoms with Crippen LogP contribution in [0.1, 0.15) is 18.9 Å². The molecule has 7 heteroatoms. The quantitative estimate of drug-likeness (QED) is 0.742. The zero-order chi connectivity index (χ0) is 15.5. The van der Waals surface area contributed by atoms with Gasteiger partial charge < -0.3 is 14.3 Å². The highest BCUT2D eigenvalue weighted by molar-refractivity contribution is 8.13. The summed E-state index contributed by atoms with van der Waals surface area (Å²) in [5.74, 6) is 2.41. The molecule has 0 N–H and O–H groups in total. The summed E-state index contributed by atoms with van der Waals surface area (Å²) >= 11 is 13.6. The Kier molecular flexibility index (Phi) is 5.52. The van der Waals surface area contributed by atoms with Gasteiger partial charge in [-0.1, -0.05) is 16.8 Å². The molecule has 1 aromatic carbocycles. The van der Waals surface area contributed by atoms with E-state index in [1.54, 1.807) is 32.0 Å². The normalized spacial score (nSPS) is 20.9. The Balaban J connectivity index is 2.12. The first-order valence-electron chi connectivity index (χ1n) is 6.36. The molecule has 1 atom stereocenters. The number of halogens is 2. The van der Waals surface area contributed by atoms with Gasteiger partial charge in [0.1, 0.15) is 16.5 Å². The molecule has 1 aliphatic heterocycles. The van der Waals surface area contributed by atoms with Crippen molar-refractivity contribution < 1.29 is 14.3 Å². The van der Waals surface area contributed by atoms with Gasteiger partial charge >= 0.3 is 0 Å². The maximum absolute atomic E-state index is 6.16. The highest BCUT2D eigenvalue weighted by Gasteiger charge is 2.33. The Morgan fingerprint density at radius 2 is 2.14 bits per heavy atom. The maximum atomic E-state index is 6.16. The van der Waals surface area contributed by atoms with Crippen LogP contribution in [0.4, 0.5) is 0 Å². The van der Waals surface area contributed by atoms with Gasteiger partial charge in [0, 0.05) is 17.7 Å². The van der Waals surface area contributed by atoms with Crippen LogP contribution in [0, 0.1) is 0 Å². The molecule has 21 heavy (non-hydrogen) atoms. The fourth-order valence-corrected chi connectivity index (χ4v) is 3.46. The average Bonchev–Trinajstić information content (AvgIpc) is 2.87. The van der Waals surface area contributed by atoms with Crippen LogP contribution in [0.25, 0.3) is 0 Å². The van der Waals surface area contributed by atoms with E-state index in [2.05, 4.69) is 5.16 Å². The maximum Gasteiger partial charge on any atom is 0.154 e. The molecule has 0 saturated heterocycles. The molecule has 116 valence electrons. The van der Waals surface area contributed by atoms with Crippen molar-refractivity contribution >= 4 is 40.0 Å². The van der Waals surface area contributed by atoms with Crippen molar-refractivity contribution in [2.24, 2.45) is 5.16 Å². The third-order valence-electron chi connectivity index (χ3n) is 3.15. The third kappa shape index (κ3) is 3.71. The van der Waals surface area contributed by atoms with Crippen molar-refractivity contribution in [2.75, 3.05) is 20.1 Å². The van der Waals surface area contributed by atoms with E-state index in [0.29, 0.717) is 28.8 Å². The van der Waals surface area contributed by atoms with E-state index >= 15 is 0 Å². The number of hydrogen-bond acceptors (Lipinski definition) is 5. The van der Waals surface area contributed by atoms with Crippen LogP contribution in [-0.2, 0) is 10.6 Å². The smallest absolute Gasteiger partial charge is 0.154 e. The number of ether oxygens (including phenoxy) is 2. The lowest BCUT2D eigenvalue weighted by Gasteiger charge is -2.17. The van der Waals surface area contributed by atoms with Gasteiger partial charge in [0.25, 0.3) is 0 Å². The number of nitrogens with zero attached hydrogens (tertiary/aromatic N) is 1. The van der Waals surface area contributed by atoms with E-state index in [-0.39, 0.29) is 0 Å². The standard InChI is InChI=1S/C14H17Cl2NO3S/c1-14(8-15)6-12(17-20-14)21-7-9-11(18-2)5-4-10(16)13(9)19-3/h4-5H,6-8H2,1-3H3. The molecule has 1 heterocycles. The van der Waals surface area contributed by atoms with Crippen LogP contribution in [0.2, 0.25) is 5.02 Å². The predicted molar refractivity (Wildman–Crippen MR) is 88.1 cm³/mol. The number of thioether (sulfide) groups is 1. The van der Waals surface area contributed by atoms with Gasteiger partial charge in [-0.3, -0.25) is 0 Å². The molecule has 4 nitrogen and oxygen atoms in total. The Morgan fingerprint density at radius 3 is 2.71 bits per heavy atom. The molecule has 0 fully saturated rings. The molecule has 0 radical (unpaired) electrons. The average molecular weight is 350 g/mol. The summed E-state index contributed by atoms with van der Waals surface area (Å²) in [5.41, 5.74) is 0.492. The fourth-order valence-electron chi connectivity index (χ4n) is 1.98. The van der Waals surface area contributed by atoms with Crippen LogP contribution in [0.3, 0.4) is 0 Å². The SMILES string of the molecule is COc1ccc(Cl)c(OC)c1CSC1=NOC(C)(CCl)C1. The van der Waals surface area contributed by atoms with E-state index in [1.807, 2.05) is 13.0 Å². The third-order valence-corrected chi connectivity index (χ3v) is 5.00. The van der Waals surface area contributed by atoms with Crippen LogP contribution in [0.5, 0.6) is 11.5 Å². The number of methoxy groups -OCH3 is 2. The highest BCUT2D eigenvalue weighted by atomic mass is 35.5. The zero-order valence-electron chi connectivity index (χ0n) is 12.1. The Morgan fingerprint density at radius 1 is 1.38 bits per heavy atom. The van der Waals surface area contributed by atoms with Crippen molar-refractivity contribution in [1.82, 2.24) is 0 Å². The van der Waals surface area contributed by atoms with Crippen LogP contribution >= 0.6 is 35.0 Å². The Bertz CT molecular complexity index is 553. The van der Waals surface area contributed by atoms with Crippen molar-refractivity contribution in [3.8, 4) is 11.5 Å². The van der Waals surface area contributed by atoms with Crippen molar-refractivity contribution in [3.05, 3.63) is 22.7 Å². The van der Waals surface area contributed by atoms with E-state index in [9.17, 15) is 0 Å². The number of hydrogen-bond donors (Lipinski definition) is 0. The second-order valence-electron chi connectivity index (χ2n) is 4.89. The molecule has 1 unspecified atom stereocenters. The van der Waals surface area contributed by atoms with Crippen molar-refractivity contribution in [2.45, 2.75) is 24.7 Å². The van der Waals surface area contributed by atoms with Crippen molar-refractivity contribution in [1.29, 1.82) is 0 Å². The lowest BCUT2D eigenvalue weighted by Crippen LogP contribution is -2.26. The fraction of sp³-hybridized carbons (Fsp3) is 0.500. The van der Waals surface area contributed by atoms with E-state index in [0.717, 1.165) is 16.4 Å². The first-order chi connectivity index (χ1) is 10.0. The Labute approximate surface area is 138 Å². The first-order valence-corrected chi connectivity index (χ1v) is 8.26. The summed E-state index contributed by atoms with van der Waals surface area (Å²) in [6.45, 7) is 1.94. The van der Waals surface area contributed by atoms with Crippen molar-refractivity contribution in [3.63, 3.8) is 0 Å². The Hall–Kier alpha value is -0.780. The number of rotatable bonds is 5. The summed E-state index contributed by atoms with van der Waals surface area (Å²) < 4.78 is 10.8.